The van der Waals surface area contributed by atoms with Crippen LogP contribution < -0.4 is 4.90 Å². The Bertz CT molecular complexity index is 327. The molecule has 0 N–H and O–H groups in total. The van der Waals surface area contributed by atoms with Gasteiger partial charge in [-0.25, -0.2) is 4.98 Å². The molecule has 2 nitrogen and oxygen atoms in total. The lowest BCUT2D eigenvalue weighted by Crippen LogP contribution is -2.24. The minimum Gasteiger partial charge on any atom is -0.358 e. The summed E-state index contributed by atoms with van der Waals surface area (Å²) in [6.07, 6.45) is -3.00. The molecule has 1 aromatic heterocycles. The van der Waals surface area contributed by atoms with Crippen LogP contribution >= 0.6 is 15.9 Å². The maximum Gasteiger partial charge on any atom is 0.419 e. The molecule has 1 rings (SSSR count). The van der Waals surface area contributed by atoms with Crippen molar-refractivity contribution >= 4 is 21.7 Å². The molecule has 0 bridgehead atoms. The molecule has 0 amide bonds. The van der Waals surface area contributed by atoms with Crippen LogP contribution in [-0.2, 0) is 6.18 Å². The van der Waals surface area contributed by atoms with Gasteiger partial charge in [-0.15, -0.1) is 0 Å². The summed E-state index contributed by atoms with van der Waals surface area (Å²) in [4.78, 5) is 5.22. The highest BCUT2D eigenvalue weighted by molar-refractivity contribution is 9.09. The number of halogens is 4. The maximum atomic E-state index is 12.6. The number of pyridine rings is 1. The predicted octanol–water partition coefficient (Wildman–Crippen LogP) is 2.93. The number of hydrogen-bond donors (Lipinski definition) is 0. The number of aromatic nitrogens is 1. The van der Waals surface area contributed by atoms with Gasteiger partial charge in [0.15, 0.2) is 0 Å². The van der Waals surface area contributed by atoms with Crippen LogP contribution in [0.2, 0.25) is 0 Å². The third kappa shape index (κ3) is 3.09. The Balaban J connectivity index is 3.06. The molecule has 1 heterocycles. The van der Waals surface area contributed by atoms with Crippen LogP contribution in [0.15, 0.2) is 18.3 Å². The Labute approximate surface area is 94.2 Å². The van der Waals surface area contributed by atoms with Crippen molar-refractivity contribution in [1.29, 1.82) is 0 Å². The number of rotatable bonds is 3. The topological polar surface area (TPSA) is 16.1 Å². The zero-order valence-electron chi connectivity index (χ0n) is 8.05. The van der Waals surface area contributed by atoms with Crippen LogP contribution in [-0.4, -0.2) is 23.9 Å². The van der Waals surface area contributed by atoms with Crippen LogP contribution in [0.25, 0.3) is 0 Å². The highest BCUT2D eigenvalue weighted by Gasteiger charge is 2.34. The maximum absolute atomic E-state index is 12.6. The van der Waals surface area contributed by atoms with Crippen LogP contribution in [0.5, 0.6) is 0 Å². The fourth-order valence-corrected chi connectivity index (χ4v) is 1.69. The monoisotopic (exact) mass is 282 g/mol. The summed E-state index contributed by atoms with van der Waals surface area (Å²) >= 11 is 3.17. The van der Waals surface area contributed by atoms with Gasteiger partial charge in [0.1, 0.15) is 5.82 Å². The molecular weight excluding hydrogens is 273 g/mol. The van der Waals surface area contributed by atoms with E-state index in [9.17, 15) is 13.2 Å². The van der Waals surface area contributed by atoms with E-state index in [0.29, 0.717) is 11.9 Å². The minimum absolute atomic E-state index is 0.0375. The van der Waals surface area contributed by atoms with Gasteiger partial charge in [0.2, 0.25) is 0 Å². The molecule has 0 aliphatic heterocycles. The molecule has 0 atom stereocenters. The molecule has 0 saturated carbocycles. The summed E-state index contributed by atoms with van der Waals surface area (Å²) in [5.74, 6) is -0.0375. The number of hydrogen-bond acceptors (Lipinski definition) is 2. The van der Waals surface area contributed by atoms with Crippen LogP contribution in [0.1, 0.15) is 5.56 Å². The van der Waals surface area contributed by atoms with Crippen molar-refractivity contribution in [2.75, 3.05) is 23.8 Å². The van der Waals surface area contributed by atoms with Crippen molar-refractivity contribution < 1.29 is 13.2 Å². The molecule has 15 heavy (non-hydrogen) atoms. The molecule has 0 radical (unpaired) electrons. The van der Waals surface area contributed by atoms with Crippen LogP contribution in [0.3, 0.4) is 0 Å². The van der Waals surface area contributed by atoms with Crippen molar-refractivity contribution in [3.8, 4) is 0 Å². The first kappa shape index (κ1) is 12.3. The van der Waals surface area contributed by atoms with Crippen LogP contribution in [0.4, 0.5) is 19.0 Å². The summed E-state index contributed by atoms with van der Waals surface area (Å²) in [6.45, 7) is 0.472. The van der Waals surface area contributed by atoms with Crippen molar-refractivity contribution in [3.05, 3.63) is 23.9 Å². The number of alkyl halides is 4. The largest absolute Gasteiger partial charge is 0.419 e. The summed E-state index contributed by atoms with van der Waals surface area (Å²) in [7, 11) is 1.58. The Morgan fingerprint density at radius 3 is 2.67 bits per heavy atom. The van der Waals surface area contributed by atoms with Gasteiger partial charge in [0, 0.05) is 25.1 Å². The third-order valence-corrected chi connectivity index (χ3v) is 2.23. The van der Waals surface area contributed by atoms with Crippen LogP contribution in [0, 0.1) is 0 Å². The quantitative estimate of drug-likeness (QED) is 0.793. The van der Waals surface area contributed by atoms with Crippen molar-refractivity contribution in [3.63, 3.8) is 0 Å². The molecule has 0 saturated heterocycles. The lowest BCUT2D eigenvalue weighted by Gasteiger charge is -2.20. The van der Waals surface area contributed by atoms with Gasteiger partial charge in [-0.3, -0.25) is 0 Å². The molecule has 84 valence electrons. The average molecular weight is 283 g/mol. The zero-order valence-corrected chi connectivity index (χ0v) is 9.64. The van der Waals surface area contributed by atoms with E-state index in [2.05, 4.69) is 20.9 Å². The van der Waals surface area contributed by atoms with E-state index in [1.54, 1.807) is 7.05 Å². The lowest BCUT2D eigenvalue weighted by molar-refractivity contribution is -0.137. The van der Waals surface area contributed by atoms with Gasteiger partial charge in [-0.2, -0.15) is 13.2 Å². The fraction of sp³-hybridized carbons (Fsp3) is 0.444. The SMILES string of the molecule is CN(CCBr)c1ncccc1C(F)(F)F. The standard InChI is InChI=1S/C9H10BrF3N2/c1-15(6-4-10)8-7(9(11,12)13)3-2-5-14-8/h2-3,5H,4,6H2,1H3. The lowest BCUT2D eigenvalue weighted by atomic mass is 10.2. The molecular formula is C9H10BrF3N2. The second-order valence-electron chi connectivity index (χ2n) is 2.98. The predicted molar refractivity (Wildman–Crippen MR) is 56.3 cm³/mol. The highest BCUT2D eigenvalue weighted by atomic mass is 79.9. The first-order chi connectivity index (χ1) is 6.96. The summed E-state index contributed by atoms with van der Waals surface area (Å²) in [6, 6.07) is 2.32. The Morgan fingerprint density at radius 1 is 1.47 bits per heavy atom. The number of anilines is 1. The summed E-state index contributed by atoms with van der Waals surface area (Å²) in [5, 5.41) is 0.595. The van der Waals surface area contributed by atoms with E-state index in [4.69, 9.17) is 0 Å². The van der Waals surface area contributed by atoms with E-state index in [1.807, 2.05) is 0 Å². The van der Waals surface area contributed by atoms with Crippen molar-refractivity contribution in [1.82, 2.24) is 4.98 Å². The zero-order chi connectivity index (χ0) is 11.5. The Kier molecular flexibility index (Phi) is 3.96. The van der Waals surface area contributed by atoms with Gasteiger partial charge < -0.3 is 4.90 Å². The van der Waals surface area contributed by atoms with Gasteiger partial charge in [0.05, 0.1) is 5.56 Å². The molecule has 0 aromatic carbocycles. The van der Waals surface area contributed by atoms with E-state index < -0.39 is 11.7 Å². The van der Waals surface area contributed by atoms with E-state index in [-0.39, 0.29) is 5.82 Å². The summed E-state index contributed by atoms with van der Waals surface area (Å²) < 4.78 is 37.7. The molecule has 0 spiro atoms. The Hall–Kier alpha value is -0.780. The van der Waals surface area contributed by atoms with E-state index in [0.717, 1.165) is 6.07 Å². The first-order valence-corrected chi connectivity index (χ1v) is 5.38. The fourth-order valence-electron chi connectivity index (χ4n) is 1.16. The smallest absolute Gasteiger partial charge is 0.358 e. The second-order valence-corrected chi connectivity index (χ2v) is 3.78. The van der Waals surface area contributed by atoms with Gasteiger partial charge in [-0.05, 0) is 12.1 Å². The van der Waals surface area contributed by atoms with E-state index >= 15 is 0 Å². The summed E-state index contributed by atoms with van der Waals surface area (Å²) in [5.41, 5.74) is -0.701. The Morgan fingerprint density at radius 2 is 2.13 bits per heavy atom. The molecule has 0 aliphatic rings. The highest BCUT2D eigenvalue weighted by Crippen LogP contribution is 2.34. The van der Waals surface area contributed by atoms with Gasteiger partial charge in [0.25, 0.3) is 0 Å². The van der Waals surface area contributed by atoms with Gasteiger partial charge >= 0.3 is 6.18 Å². The molecule has 0 unspecified atom stereocenters. The van der Waals surface area contributed by atoms with Crippen molar-refractivity contribution in [2.45, 2.75) is 6.18 Å². The third-order valence-electron chi connectivity index (χ3n) is 1.87. The average Bonchev–Trinajstić information content (AvgIpc) is 2.17. The van der Waals surface area contributed by atoms with Crippen molar-refractivity contribution in [2.24, 2.45) is 0 Å². The first-order valence-electron chi connectivity index (χ1n) is 4.26. The second kappa shape index (κ2) is 4.83. The van der Waals surface area contributed by atoms with Gasteiger partial charge in [-0.1, -0.05) is 15.9 Å². The minimum atomic E-state index is -4.36. The normalized spacial score (nSPS) is 11.5. The van der Waals surface area contributed by atoms with E-state index in [1.165, 1.54) is 17.2 Å². The molecule has 0 fully saturated rings. The molecule has 0 aliphatic carbocycles. The molecule has 1 aromatic rings. The molecule has 6 heteroatoms. The number of nitrogens with zero attached hydrogens (tertiary/aromatic N) is 2.